The molecule has 3 N–H and O–H groups in total. The first-order valence-electron chi connectivity index (χ1n) is 17.3. The van der Waals surface area contributed by atoms with Gasteiger partial charge in [0.2, 0.25) is 5.89 Å². The summed E-state index contributed by atoms with van der Waals surface area (Å²) in [5, 5.41) is 18.8. The highest BCUT2D eigenvalue weighted by molar-refractivity contribution is 6.28. The van der Waals surface area contributed by atoms with Crippen LogP contribution in [0.2, 0.25) is 0 Å². The minimum atomic E-state index is -1.52. The van der Waals surface area contributed by atoms with Crippen molar-refractivity contribution in [2.45, 2.75) is 74.8 Å². The molecule has 2 aromatic heterocycles. The number of nitrogens with zero attached hydrogens (tertiary/aromatic N) is 3. The van der Waals surface area contributed by atoms with E-state index in [4.69, 9.17) is 30.5 Å². The van der Waals surface area contributed by atoms with Crippen LogP contribution in [0.4, 0.5) is 8.78 Å². The number of carbonyl (C=O) groups excluding carboxylic acids is 1. The number of amides is 1. The number of carbonyl (C=O) groups is 1. The van der Waals surface area contributed by atoms with Crippen molar-refractivity contribution in [1.82, 2.24) is 25.9 Å². The van der Waals surface area contributed by atoms with Gasteiger partial charge in [0.1, 0.15) is 29.6 Å². The van der Waals surface area contributed by atoms with Crippen LogP contribution in [0.15, 0.2) is 71.3 Å². The van der Waals surface area contributed by atoms with Gasteiger partial charge in [-0.3, -0.25) is 9.78 Å². The van der Waals surface area contributed by atoms with Crippen LogP contribution in [-0.4, -0.2) is 66.0 Å². The summed E-state index contributed by atoms with van der Waals surface area (Å²) in [6.07, 6.45) is 6.03. The smallest absolute Gasteiger partial charge is 0.271 e. The zero-order valence-corrected chi connectivity index (χ0v) is 29.6. The third-order valence-corrected chi connectivity index (χ3v) is 10.4. The second-order valence-electron chi connectivity index (χ2n) is 13.5. The predicted octanol–water partition coefficient (Wildman–Crippen LogP) is 5.85. The summed E-state index contributed by atoms with van der Waals surface area (Å²) in [6, 6.07) is 14.5. The van der Waals surface area contributed by atoms with Crippen LogP contribution in [0.25, 0.3) is 16.7 Å². The number of halogens is 3. The number of hydrogen-bond donors (Lipinski definition) is 3. The van der Waals surface area contributed by atoms with Crippen LogP contribution in [-0.2, 0) is 34.7 Å². The molecule has 4 aromatic rings. The Bertz CT molecular complexity index is 2080. The van der Waals surface area contributed by atoms with E-state index in [1.54, 1.807) is 43.7 Å². The van der Waals surface area contributed by atoms with Gasteiger partial charge in [0.25, 0.3) is 5.91 Å². The van der Waals surface area contributed by atoms with E-state index in [9.17, 15) is 18.8 Å². The Morgan fingerprint density at radius 1 is 1.13 bits per heavy atom. The van der Waals surface area contributed by atoms with Gasteiger partial charge >= 0.3 is 0 Å². The standard InChI is InChI=1S/C39H39ClF2N6O4/c1-22-6-3-4-7-27(22)28-8-5-10-39(36(28)40,48-37(49)34-14-25(20-50-2)26(19-46-34)18-45-32-15-29(32)41)38-47-33-13-23(12-24(16-43)35(33)52-38)17-44-31-9-11-51-21-30(31)42/h3-8,10,12-14,19,29-32,36,44-45H,9,11,15,17-18,20-21H2,1-2H3,(H,48,49)/t29-,30-,31+,32+,36?,39?/m0/s1. The average molecular weight is 729 g/mol. The molecule has 2 aromatic carbocycles. The lowest BCUT2D eigenvalue weighted by Crippen LogP contribution is -2.52. The fourth-order valence-corrected chi connectivity index (χ4v) is 7.19. The number of methoxy groups -OCH3 is 1. The fourth-order valence-electron chi connectivity index (χ4n) is 6.78. The number of fused-ring (bicyclic) bond motifs is 1. The molecular weight excluding hydrogens is 690 g/mol. The highest BCUT2D eigenvalue weighted by Crippen LogP contribution is 2.43. The summed E-state index contributed by atoms with van der Waals surface area (Å²) in [4.78, 5) is 23.6. The van der Waals surface area contributed by atoms with Gasteiger partial charge in [-0.1, -0.05) is 36.4 Å². The first-order valence-corrected chi connectivity index (χ1v) is 17.7. The Kier molecular flexibility index (Phi) is 10.5. The van der Waals surface area contributed by atoms with Gasteiger partial charge < -0.3 is 29.8 Å². The Morgan fingerprint density at radius 2 is 1.94 bits per heavy atom. The van der Waals surface area contributed by atoms with Gasteiger partial charge in [-0.05, 0) is 77.4 Å². The average Bonchev–Trinajstić information content (AvgIpc) is 3.68. The summed E-state index contributed by atoms with van der Waals surface area (Å²) in [7, 11) is 1.56. The van der Waals surface area contributed by atoms with Crippen molar-refractivity contribution in [3.05, 3.63) is 112 Å². The van der Waals surface area contributed by atoms with Gasteiger partial charge in [-0.15, -0.1) is 11.6 Å². The summed E-state index contributed by atoms with van der Waals surface area (Å²) < 4.78 is 45.0. The van der Waals surface area contributed by atoms with Crippen LogP contribution in [0.1, 0.15) is 62.6 Å². The molecule has 1 saturated carbocycles. The normalized spacial score (nSPS) is 25.5. The molecule has 10 nitrogen and oxygen atoms in total. The highest BCUT2D eigenvalue weighted by Gasteiger charge is 2.47. The number of aryl methyl sites for hydroxylation is 1. The van der Waals surface area contributed by atoms with Crippen molar-refractivity contribution >= 4 is 34.2 Å². The summed E-state index contributed by atoms with van der Waals surface area (Å²) in [5.41, 5.74) is 4.27. The fraction of sp³-hybridized carbons (Fsp3) is 0.385. The molecule has 3 aliphatic rings. The van der Waals surface area contributed by atoms with E-state index in [0.29, 0.717) is 38.1 Å². The topological polar surface area (TPSA) is 134 Å². The van der Waals surface area contributed by atoms with Crippen LogP contribution >= 0.6 is 11.6 Å². The number of ether oxygens (including phenoxy) is 2. The van der Waals surface area contributed by atoms with Crippen molar-refractivity contribution in [2.24, 2.45) is 0 Å². The number of pyridine rings is 1. The van der Waals surface area contributed by atoms with Crippen molar-refractivity contribution < 1.29 is 27.5 Å². The number of aromatic nitrogens is 2. The molecule has 0 bridgehead atoms. The summed E-state index contributed by atoms with van der Waals surface area (Å²) >= 11 is 7.42. The summed E-state index contributed by atoms with van der Waals surface area (Å²) in [5.74, 6) is -0.474. The van der Waals surface area contributed by atoms with E-state index in [1.807, 2.05) is 37.3 Å². The van der Waals surface area contributed by atoms with Crippen molar-refractivity contribution in [3.8, 4) is 6.07 Å². The third kappa shape index (κ3) is 7.24. The van der Waals surface area contributed by atoms with E-state index < -0.39 is 29.2 Å². The van der Waals surface area contributed by atoms with Crippen LogP contribution in [0.5, 0.6) is 0 Å². The molecule has 0 radical (unpaired) electrons. The van der Waals surface area contributed by atoms with Crippen molar-refractivity contribution in [2.75, 3.05) is 20.3 Å². The van der Waals surface area contributed by atoms with Crippen LogP contribution < -0.4 is 16.0 Å². The summed E-state index contributed by atoms with van der Waals surface area (Å²) in [6.45, 7) is 3.38. The van der Waals surface area contributed by atoms with Crippen molar-refractivity contribution in [1.29, 1.82) is 5.26 Å². The molecule has 3 heterocycles. The minimum absolute atomic E-state index is 0.0402. The molecule has 270 valence electrons. The van der Waals surface area contributed by atoms with E-state index in [-0.39, 0.29) is 48.0 Å². The van der Waals surface area contributed by atoms with Gasteiger partial charge in [0.05, 0.1) is 24.2 Å². The maximum Gasteiger partial charge on any atom is 0.271 e. The molecule has 6 atom stereocenters. The highest BCUT2D eigenvalue weighted by atomic mass is 35.5. The van der Waals surface area contributed by atoms with Gasteiger partial charge in [-0.2, -0.15) is 5.26 Å². The van der Waals surface area contributed by atoms with Gasteiger partial charge in [-0.25, -0.2) is 13.8 Å². The monoisotopic (exact) mass is 728 g/mol. The molecule has 1 saturated heterocycles. The third-order valence-electron chi connectivity index (χ3n) is 9.85. The largest absolute Gasteiger partial charge is 0.436 e. The molecule has 52 heavy (non-hydrogen) atoms. The molecular formula is C39H39ClF2N6O4. The second kappa shape index (κ2) is 15.2. The van der Waals surface area contributed by atoms with Crippen LogP contribution in [0.3, 0.4) is 0 Å². The lowest BCUT2D eigenvalue weighted by atomic mass is 9.81. The zero-order chi connectivity index (χ0) is 36.4. The lowest BCUT2D eigenvalue weighted by molar-refractivity contribution is 0.0135. The Hall–Kier alpha value is -4.51. The second-order valence-corrected chi connectivity index (χ2v) is 13.9. The first kappa shape index (κ1) is 35.9. The number of oxazole rings is 1. The van der Waals surface area contributed by atoms with Gasteiger partial charge in [0.15, 0.2) is 11.1 Å². The number of nitrogens with one attached hydrogen (secondary N) is 3. The van der Waals surface area contributed by atoms with Crippen LogP contribution in [0, 0.1) is 18.3 Å². The maximum atomic E-state index is 14.5. The molecule has 2 unspecified atom stereocenters. The molecule has 13 heteroatoms. The van der Waals surface area contributed by atoms with E-state index in [0.717, 1.165) is 33.4 Å². The first-order chi connectivity index (χ1) is 25.2. The lowest BCUT2D eigenvalue weighted by Gasteiger charge is -2.36. The molecule has 7 rings (SSSR count). The SMILES string of the molecule is COCc1cc(C(=O)NC2(c3nc4cc(CN[C@@H]5CCOC[C@@H]5F)cc(C#N)c4o3)C=CC=C(c3ccccc3C)C2Cl)ncc1CN[C@@H]1C[C@@H]1F. The number of allylic oxidation sites excluding steroid dienone is 2. The number of alkyl halides is 3. The molecule has 2 fully saturated rings. The molecule has 0 spiro atoms. The number of hydrogen-bond acceptors (Lipinski definition) is 9. The quantitative estimate of drug-likeness (QED) is 0.154. The Labute approximate surface area is 305 Å². The van der Waals surface area contributed by atoms with E-state index in [2.05, 4.69) is 27.0 Å². The number of benzene rings is 2. The molecule has 2 aliphatic carbocycles. The van der Waals surface area contributed by atoms with E-state index in [1.165, 1.54) is 0 Å². The maximum absolute atomic E-state index is 14.5. The molecule has 1 aliphatic heterocycles. The molecule has 1 amide bonds. The van der Waals surface area contributed by atoms with E-state index >= 15 is 0 Å². The van der Waals surface area contributed by atoms with Gasteiger partial charge in [0, 0.05) is 45.1 Å². The zero-order valence-electron chi connectivity index (χ0n) is 28.8. The Morgan fingerprint density at radius 3 is 2.69 bits per heavy atom. The predicted molar refractivity (Wildman–Crippen MR) is 192 cm³/mol. The number of rotatable bonds is 12. The van der Waals surface area contributed by atoms with Crippen molar-refractivity contribution in [3.63, 3.8) is 0 Å². The minimum Gasteiger partial charge on any atom is -0.436 e. The number of nitriles is 1. The Balaban J connectivity index is 1.25.